The summed E-state index contributed by atoms with van der Waals surface area (Å²) < 4.78 is 70.5. The Hall–Kier alpha value is -3.42. The molecule has 2 aliphatic heterocycles. The summed E-state index contributed by atoms with van der Waals surface area (Å²) >= 11 is 0. The molecule has 0 aromatic carbocycles. The van der Waals surface area contributed by atoms with E-state index < -0.39 is 0 Å². The average Bonchev–Trinajstić information content (AvgIpc) is 0.937. The third-order valence-electron chi connectivity index (χ3n) is 22.1. The maximum Gasteiger partial charge on any atom is 0.308 e. The van der Waals surface area contributed by atoms with Crippen LogP contribution < -0.4 is 0 Å². The number of carbonyl (C=O) groups is 6. The van der Waals surface area contributed by atoms with Gasteiger partial charge in [-0.1, -0.05) is 119 Å². The number of ether oxygens (including phenoxy) is 12. The van der Waals surface area contributed by atoms with Crippen LogP contribution >= 0.6 is 0 Å². The second-order valence-corrected chi connectivity index (χ2v) is 37.3. The Bertz CT molecular complexity index is 2100. The molecule has 6 unspecified atom stereocenters. The Morgan fingerprint density at radius 3 is 0.532 bits per heavy atom. The van der Waals surface area contributed by atoms with Gasteiger partial charge in [0.1, 0.15) is 0 Å². The molecule has 0 spiro atoms. The van der Waals surface area contributed by atoms with Crippen molar-refractivity contribution in [3.63, 3.8) is 0 Å². The largest absolute Gasteiger partial charge is 0.466 e. The molecule has 0 aliphatic carbocycles. The Balaban J connectivity index is 0.00000111. The molecule has 2 saturated heterocycles. The molecular formula is C93H174O18. The van der Waals surface area contributed by atoms with E-state index in [0.717, 1.165) is 289 Å². The van der Waals surface area contributed by atoms with Crippen LogP contribution in [0.5, 0.6) is 0 Å². The van der Waals surface area contributed by atoms with Gasteiger partial charge in [0.2, 0.25) is 0 Å². The van der Waals surface area contributed by atoms with Crippen molar-refractivity contribution in [1.29, 1.82) is 0 Å². The maximum atomic E-state index is 12.5. The first-order valence-corrected chi connectivity index (χ1v) is 45.3. The van der Waals surface area contributed by atoms with Crippen LogP contribution in [0.3, 0.4) is 0 Å². The van der Waals surface area contributed by atoms with Crippen molar-refractivity contribution in [3.05, 3.63) is 0 Å². The SMILES string of the molecule is CC1CCCC(C)(C)OCCCCCCOC(=O)C(C)CCCC(C)(C)OCCCCCCOC(=O)C(C)CCCC(C)(C)OCCCCCCOC1=O.CC1CCCC(C)(C)OCCCCCCOC(=O)CC(C)CCCC(C)(C)OCCCCCCOC(=O)CC(C)CCCC(C)(C)OCCCCCCOC(=O)C1. The highest BCUT2D eigenvalue weighted by Gasteiger charge is 2.27. The normalized spacial score (nSPS) is 28.1. The molecule has 0 N–H and O–H groups in total. The smallest absolute Gasteiger partial charge is 0.308 e. The van der Waals surface area contributed by atoms with E-state index in [1.807, 2.05) is 20.8 Å². The summed E-state index contributed by atoms with van der Waals surface area (Å²) in [5.41, 5.74) is -1.23. The standard InChI is InChI=1S/C48H90O9.C45H84O9/c1-40-25-22-28-46(4,5)55-34-19-14-11-17-32-53-44(50)38-42(3)27-24-30-48(8,9)57-36-21-15-12-18-33-54-45(51)39-41(2)26-23-29-47(6,7)56-35-20-13-10-16-31-52-43(49)37-40;1-37-25-22-28-43(4,5)52-34-20-14-11-17-32-50-41(47)39(3)27-24-30-45(8,9)54-36-21-15-12-18-33-51-42(48)38(2)26-23-29-44(6,7)53-35-19-13-10-16-31-49-40(37)46/h40-42H,10-39H2,1-9H3;37-39H,10-36H2,1-9H3. The minimum absolute atomic E-state index is 0.0920. The second kappa shape index (κ2) is 62.8. The van der Waals surface area contributed by atoms with Crippen molar-refractivity contribution in [2.45, 2.75) is 447 Å². The molecular weight excluding hydrogens is 1410 g/mol. The molecule has 2 aliphatic rings. The molecule has 6 atom stereocenters. The Morgan fingerprint density at radius 2 is 0.351 bits per heavy atom. The Morgan fingerprint density at radius 1 is 0.198 bits per heavy atom. The van der Waals surface area contributed by atoms with Gasteiger partial charge in [0, 0.05) is 58.9 Å². The fraction of sp³-hybridized carbons (Fsp3) is 0.935. The predicted octanol–water partition coefficient (Wildman–Crippen LogP) is 23.4. The molecule has 111 heavy (non-hydrogen) atoms. The van der Waals surface area contributed by atoms with Gasteiger partial charge in [-0.3, -0.25) is 28.8 Å². The topological polar surface area (TPSA) is 213 Å². The molecule has 0 aromatic heterocycles. The number of hydrogen-bond acceptors (Lipinski definition) is 18. The molecule has 0 aromatic rings. The van der Waals surface area contributed by atoms with Gasteiger partial charge >= 0.3 is 35.8 Å². The Labute approximate surface area is 680 Å². The van der Waals surface area contributed by atoms with Crippen LogP contribution in [0, 0.1) is 35.5 Å². The van der Waals surface area contributed by atoms with Crippen LogP contribution in [-0.4, -0.2) is 149 Å². The average molecular weight is 1580 g/mol. The second-order valence-electron chi connectivity index (χ2n) is 37.3. The minimum Gasteiger partial charge on any atom is -0.466 e. The zero-order valence-corrected chi connectivity index (χ0v) is 75.1. The molecule has 2 heterocycles. The van der Waals surface area contributed by atoms with E-state index in [-0.39, 0.29) is 87.2 Å². The Kier molecular flexibility index (Phi) is 59.7. The lowest BCUT2D eigenvalue weighted by Crippen LogP contribution is -2.26. The van der Waals surface area contributed by atoms with Gasteiger partial charge in [-0.25, -0.2) is 0 Å². The minimum atomic E-state index is -0.226. The number of esters is 6. The van der Waals surface area contributed by atoms with E-state index in [1.165, 1.54) is 0 Å². The molecule has 0 saturated carbocycles. The number of hydrogen-bond donors (Lipinski definition) is 0. The van der Waals surface area contributed by atoms with Crippen LogP contribution in [0.2, 0.25) is 0 Å². The summed E-state index contributed by atoms with van der Waals surface area (Å²) in [6.45, 7) is 45.2. The first kappa shape index (κ1) is 106. The lowest BCUT2D eigenvalue weighted by molar-refractivity contribution is -0.149. The van der Waals surface area contributed by atoms with Crippen molar-refractivity contribution in [1.82, 2.24) is 0 Å². The van der Waals surface area contributed by atoms with Crippen molar-refractivity contribution < 1.29 is 85.6 Å². The van der Waals surface area contributed by atoms with Gasteiger partial charge in [-0.05, 0) is 293 Å². The van der Waals surface area contributed by atoms with E-state index in [4.69, 9.17) is 56.8 Å². The molecule has 18 heteroatoms. The highest BCUT2D eigenvalue weighted by Crippen LogP contribution is 2.29. The first-order valence-electron chi connectivity index (χ1n) is 45.3. The molecule has 0 radical (unpaired) electrons. The van der Waals surface area contributed by atoms with Crippen molar-refractivity contribution >= 4 is 35.8 Å². The van der Waals surface area contributed by atoms with E-state index in [1.54, 1.807) is 0 Å². The summed E-state index contributed by atoms with van der Waals surface area (Å²) in [4.78, 5) is 74.8. The van der Waals surface area contributed by atoms with Gasteiger partial charge in [0.15, 0.2) is 0 Å². The highest BCUT2D eigenvalue weighted by molar-refractivity contribution is 5.73. The third kappa shape index (κ3) is 64.4. The summed E-state index contributed by atoms with van der Waals surface area (Å²) in [5.74, 6) is -0.0509. The first-order chi connectivity index (χ1) is 52.5. The van der Waals surface area contributed by atoms with Crippen molar-refractivity contribution in [2.24, 2.45) is 35.5 Å². The quantitative estimate of drug-likeness (QED) is 0.163. The molecule has 2 rings (SSSR count). The van der Waals surface area contributed by atoms with E-state index in [0.29, 0.717) is 96.5 Å². The summed E-state index contributed by atoms with van der Waals surface area (Å²) in [5, 5.41) is 0. The van der Waals surface area contributed by atoms with Gasteiger partial charge in [-0.2, -0.15) is 0 Å². The molecule has 654 valence electrons. The summed E-state index contributed by atoms with van der Waals surface area (Å²) in [6, 6.07) is 0. The summed E-state index contributed by atoms with van der Waals surface area (Å²) in [6.07, 6.45) is 41.8. The molecule has 0 bridgehead atoms. The van der Waals surface area contributed by atoms with Crippen LogP contribution in [0.15, 0.2) is 0 Å². The van der Waals surface area contributed by atoms with Crippen LogP contribution in [0.4, 0.5) is 0 Å². The maximum absolute atomic E-state index is 12.5. The predicted molar refractivity (Wildman–Crippen MR) is 449 cm³/mol. The van der Waals surface area contributed by atoms with E-state index >= 15 is 0 Å². The van der Waals surface area contributed by atoms with Crippen LogP contribution in [-0.2, 0) is 85.6 Å². The fourth-order valence-corrected chi connectivity index (χ4v) is 14.2. The lowest BCUT2D eigenvalue weighted by atomic mass is 9.95. The third-order valence-corrected chi connectivity index (χ3v) is 22.1. The van der Waals surface area contributed by atoms with Crippen LogP contribution in [0.25, 0.3) is 0 Å². The zero-order chi connectivity index (χ0) is 82.7. The van der Waals surface area contributed by atoms with Gasteiger partial charge in [-0.15, -0.1) is 0 Å². The van der Waals surface area contributed by atoms with Gasteiger partial charge < -0.3 is 56.8 Å². The summed E-state index contributed by atoms with van der Waals surface area (Å²) in [7, 11) is 0. The monoisotopic (exact) mass is 1580 g/mol. The fourth-order valence-electron chi connectivity index (χ4n) is 14.2. The molecule has 0 amide bonds. The molecule has 18 nitrogen and oxygen atoms in total. The van der Waals surface area contributed by atoms with Crippen molar-refractivity contribution in [2.75, 3.05) is 79.3 Å². The van der Waals surface area contributed by atoms with Gasteiger partial charge in [0.05, 0.1) is 91.0 Å². The van der Waals surface area contributed by atoms with E-state index in [2.05, 4.69) is 104 Å². The lowest BCUT2D eigenvalue weighted by Gasteiger charge is -2.26. The number of cyclic esters (lactones) is 6. The highest BCUT2D eigenvalue weighted by atomic mass is 16.6. The van der Waals surface area contributed by atoms with Crippen LogP contribution in [0.1, 0.15) is 414 Å². The van der Waals surface area contributed by atoms with Crippen molar-refractivity contribution in [3.8, 4) is 0 Å². The zero-order valence-electron chi connectivity index (χ0n) is 75.1. The number of carbonyl (C=O) groups excluding carboxylic acids is 6. The van der Waals surface area contributed by atoms with Gasteiger partial charge in [0.25, 0.3) is 0 Å². The number of rotatable bonds is 0. The van der Waals surface area contributed by atoms with E-state index in [9.17, 15) is 28.8 Å². The molecule has 2 fully saturated rings.